The van der Waals surface area contributed by atoms with Crippen LogP contribution in [0.25, 0.3) is 16.6 Å². The van der Waals surface area contributed by atoms with E-state index in [2.05, 4.69) is 4.98 Å². The van der Waals surface area contributed by atoms with Crippen LogP contribution in [0.5, 0.6) is 0 Å². The highest BCUT2D eigenvalue weighted by molar-refractivity contribution is 5.81. The number of rotatable bonds is 3. The number of nitrogen functional groups attached to an aromatic ring is 1. The Bertz CT molecular complexity index is 992. The minimum Gasteiger partial charge on any atom is -0.458 e. The van der Waals surface area contributed by atoms with Crippen LogP contribution in [0.1, 0.15) is 18.3 Å². The first-order valence-electron chi connectivity index (χ1n) is 7.48. The van der Waals surface area contributed by atoms with Crippen LogP contribution in [0.4, 0.5) is 5.69 Å². The molecule has 6 heteroatoms. The molecule has 0 saturated carbocycles. The van der Waals surface area contributed by atoms with Crippen LogP contribution in [-0.2, 0) is 16.1 Å². The lowest BCUT2D eigenvalue weighted by atomic mass is 10.1. The van der Waals surface area contributed by atoms with Crippen LogP contribution in [-0.4, -0.2) is 15.5 Å². The fourth-order valence-corrected chi connectivity index (χ4v) is 2.57. The smallest absolute Gasteiger partial charge is 0.303 e. The van der Waals surface area contributed by atoms with Gasteiger partial charge in [0.1, 0.15) is 6.61 Å². The SMILES string of the molecule is CC(=O)OCc1nc2ccc(N)cc2c(=O)n1-c1ccccc1C. The molecule has 0 atom stereocenters. The Morgan fingerprint density at radius 1 is 1.25 bits per heavy atom. The number of hydrogen-bond donors (Lipinski definition) is 1. The van der Waals surface area contributed by atoms with Gasteiger partial charge in [-0.15, -0.1) is 0 Å². The predicted molar refractivity (Wildman–Crippen MR) is 92.0 cm³/mol. The van der Waals surface area contributed by atoms with Crippen molar-refractivity contribution in [2.45, 2.75) is 20.5 Å². The maximum Gasteiger partial charge on any atom is 0.303 e. The second kappa shape index (κ2) is 6.16. The second-order valence-corrected chi connectivity index (χ2v) is 5.51. The lowest BCUT2D eigenvalue weighted by Gasteiger charge is -2.15. The van der Waals surface area contributed by atoms with Crippen molar-refractivity contribution in [3.05, 3.63) is 64.2 Å². The van der Waals surface area contributed by atoms with E-state index in [9.17, 15) is 9.59 Å². The monoisotopic (exact) mass is 323 g/mol. The molecule has 0 aliphatic carbocycles. The number of ether oxygens (including phenoxy) is 1. The molecule has 0 saturated heterocycles. The molecule has 24 heavy (non-hydrogen) atoms. The maximum absolute atomic E-state index is 13.0. The molecule has 0 fully saturated rings. The lowest BCUT2D eigenvalue weighted by molar-refractivity contribution is -0.142. The van der Waals surface area contributed by atoms with Gasteiger partial charge < -0.3 is 10.5 Å². The Morgan fingerprint density at radius 3 is 2.71 bits per heavy atom. The van der Waals surface area contributed by atoms with Gasteiger partial charge in [0.05, 0.1) is 16.6 Å². The van der Waals surface area contributed by atoms with Gasteiger partial charge in [-0.2, -0.15) is 0 Å². The number of nitrogens with two attached hydrogens (primary N) is 1. The summed E-state index contributed by atoms with van der Waals surface area (Å²) in [6, 6.07) is 12.4. The Balaban J connectivity index is 2.32. The zero-order valence-corrected chi connectivity index (χ0v) is 13.4. The average Bonchev–Trinajstić information content (AvgIpc) is 2.55. The topological polar surface area (TPSA) is 87.2 Å². The fourth-order valence-electron chi connectivity index (χ4n) is 2.57. The molecule has 3 aromatic rings. The van der Waals surface area contributed by atoms with E-state index < -0.39 is 5.97 Å². The van der Waals surface area contributed by atoms with E-state index in [0.717, 1.165) is 5.56 Å². The van der Waals surface area contributed by atoms with Gasteiger partial charge in [0.2, 0.25) is 0 Å². The van der Waals surface area contributed by atoms with Gasteiger partial charge in [0.15, 0.2) is 5.82 Å². The van der Waals surface area contributed by atoms with Gasteiger partial charge in [0, 0.05) is 12.6 Å². The number of carbonyl (C=O) groups excluding carboxylic acids is 1. The number of esters is 1. The molecule has 0 spiro atoms. The molecule has 6 nitrogen and oxygen atoms in total. The van der Waals surface area contributed by atoms with Gasteiger partial charge in [-0.3, -0.25) is 14.2 Å². The molecular weight excluding hydrogens is 306 g/mol. The first-order chi connectivity index (χ1) is 11.5. The minimum absolute atomic E-state index is 0.0841. The number of anilines is 1. The Labute approximate surface area is 138 Å². The third kappa shape index (κ3) is 2.86. The third-order valence-electron chi connectivity index (χ3n) is 3.72. The number of carbonyl (C=O) groups is 1. The lowest BCUT2D eigenvalue weighted by Crippen LogP contribution is -2.25. The van der Waals surface area contributed by atoms with Crippen LogP contribution >= 0.6 is 0 Å². The molecule has 0 aliphatic heterocycles. The van der Waals surface area contributed by atoms with Crippen LogP contribution in [0.3, 0.4) is 0 Å². The number of hydrogen-bond acceptors (Lipinski definition) is 5. The van der Waals surface area contributed by atoms with Crippen molar-refractivity contribution in [3.8, 4) is 5.69 Å². The molecule has 122 valence electrons. The summed E-state index contributed by atoms with van der Waals surface area (Å²) in [6.45, 7) is 3.14. The molecule has 0 aliphatic rings. The molecule has 2 aromatic carbocycles. The second-order valence-electron chi connectivity index (χ2n) is 5.51. The van der Waals surface area contributed by atoms with Crippen LogP contribution < -0.4 is 11.3 Å². The Kier molecular flexibility index (Phi) is 4.04. The first kappa shape index (κ1) is 15.7. The zero-order valence-electron chi connectivity index (χ0n) is 13.4. The number of aryl methyl sites for hydroxylation is 1. The van der Waals surface area contributed by atoms with Gasteiger partial charge in [-0.05, 0) is 36.8 Å². The molecule has 0 amide bonds. The highest BCUT2D eigenvalue weighted by Crippen LogP contribution is 2.18. The Morgan fingerprint density at radius 2 is 2.00 bits per heavy atom. The predicted octanol–water partition coefficient (Wildman–Crippen LogP) is 2.34. The largest absolute Gasteiger partial charge is 0.458 e. The van der Waals surface area contributed by atoms with Crippen molar-refractivity contribution in [2.24, 2.45) is 0 Å². The van der Waals surface area contributed by atoms with E-state index >= 15 is 0 Å². The fraction of sp³-hybridized carbons (Fsp3) is 0.167. The van der Waals surface area contributed by atoms with E-state index in [4.69, 9.17) is 10.5 Å². The molecule has 3 rings (SSSR count). The summed E-state index contributed by atoms with van der Waals surface area (Å²) in [4.78, 5) is 28.7. The highest BCUT2D eigenvalue weighted by atomic mass is 16.5. The summed E-state index contributed by atoms with van der Waals surface area (Å²) in [7, 11) is 0. The van der Waals surface area contributed by atoms with Crippen molar-refractivity contribution < 1.29 is 9.53 Å². The quantitative estimate of drug-likeness (QED) is 0.590. The highest BCUT2D eigenvalue weighted by Gasteiger charge is 2.15. The number of fused-ring (bicyclic) bond motifs is 1. The van der Waals surface area contributed by atoms with Gasteiger partial charge in [0.25, 0.3) is 5.56 Å². The van der Waals surface area contributed by atoms with E-state index in [1.165, 1.54) is 11.5 Å². The average molecular weight is 323 g/mol. The van der Waals surface area contributed by atoms with E-state index in [0.29, 0.717) is 28.1 Å². The molecule has 1 aromatic heterocycles. The van der Waals surface area contributed by atoms with Gasteiger partial charge >= 0.3 is 5.97 Å². The minimum atomic E-state index is -0.432. The van der Waals surface area contributed by atoms with Crippen molar-refractivity contribution in [1.82, 2.24) is 9.55 Å². The summed E-state index contributed by atoms with van der Waals surface area (Å²) in [5, 5.41) is 0.421. The molecule has 0 bridgehead atoms. The first-order valence-corrected chi connectivity index (χ1v) is 7.48. The van der Waals surface area contributed by atoms with Crippen molar-refractivity contribution >= 4 is 22.6 Å². The summed E-state index contributed by atoms with van der Waals surface area (Å²) >= 11 is 0. The number of para-hydroxylation sites is 1. The zero-order chi connectivity index (χ0) is 17.3. The van der Waals surface area contributed by atoms with Gasteiger partial charge in [-0.1, -0.05) is 18.2 Å². The summed E-state index contributed by atoms with van der Waals surface area (Å²) < 4.78 is 6.54. The molecular formula is C18H17N3O3. The van der Waals surface area contributed by atoms with Gasteiger partial charge in [-0.25, -0.2) is 4.98 Å². The summed E-state index contributed by atoms with van der Waals surface area (Å²) in [5.41, 5.74) is 8.17. The maximum atomic E-state index is 13.0. The van der Waals surface area contributed by atoms with Crippen LogP contribution in [0.15, 0.2) is 47.3 Å². The van der Waals surface area contributed by atoms with Crippen molar-refractivity contribution in [1.29, 1.82) is 0 Å². The van der Waals surface area contributed by atoms with Crippen molar-refractivity contribution in [2.75, 3.05) is 5.73 Å². The Hall–Kier alpha value is -3.15. The molecule has 1 heterocycles. The molecule has 0 unspecified atom stereocenters. The van der Waals surface area contributed by atoms with Crippen LogP contribution in [0, 0.1) is 6.92 Å². The van der Waals surface area contributed by atoms with Crippen molar-refractivity contribution in [3.63, 3.8) is 0 Å². The third-order valence-corrected chi connectivity index (χ3v) is 3.72. The standard InChI is InChI=1S/C18H17N3O3/c1-11-5-3-4-6-16(11)21-17(10-24-12(2)22)20-15-8-7-13(19)9-14(15)18(21)23/h3-9H,10,19H2,1-2H3. The number of nitrogens with zero attached hydrogens (tertiary/aromatic N) is 2. The summed E-state index contributed by atoms with van der Waals surface area (Å²) in [6.07, 6.45) is 0. The normalized spacial score (nSPS) is 10.8. The van der Waals surface area contributed by atoms with E-state index in [1.54, 1.807) is 18.2 Å². The number of benzene rings is 2. The number of aromatic nitrogens is 2. The summed E-state index contributed by atoms with van der Waals surface area (Å²) in [5.74, 6) is -0.0697. The molecule has 2 N–H and O–H groups in total. The van der Waals surface area contributed by atoms with Crippen LogP contribution in [0.2, 0.25) is 0 Å². The van der Waals surface area contributed by atoms with E-state index in [1.807, 2.05) is 31.2 Å². The van der Waals surface area contributed by atoms with E-state index in [-0.39, 0.29) is 12.2 Å². The molecule has 0 radical (unpaired) electrons.